The lowest BCUT2D eigenvalue weighted by molar-refractivity contribution is -0.121. The minimum atomic E-state index is -0.522. The molecule has 0 spiro atoms. The van der Waals surface area contributed by atoms with E-state index in [4.69, 9.17) is 11.7 Å². The van der Waals surface area contributed by atoms with Crippen molar-refractivity contribution >= 4 is 5.78 Å². The lowest BCUT2D eigenvalue weighted by Gasteiger charge is -2.45. The molecule has 0 fully saturated rings. The molecule has 4 aromatic rings. The van der Waals surface area contributed by atoms with Crippen LogP contribution in [0.25, 0.3) is 32.9 Å². The number of hydrogen-bond donors (Lipinski definition) is 0. The molecule has 2 aliphatic rings. The van der Waals surface area contributed by atoms with Crippen molar-refractivity contribution in [3.05, 3.63) is 113 Å². The number of ketones is 1. The number of pyridine rings is 1. The van der Waals surface area contributed by atoms with Gasteiger partial charge < -0.3 is 4.79 Å². The van der Waals surface area contributed by atoms with Crippen molar-refractivity contribution in [2.45, 2.75) is 32.1 Å². The summed E-state index contributed by atoms with van der Waals surface area (Å²) in [7, 11) is 0. The first-order chi connectivity index (χ1) is 17.9. The van der Waals surface area contributed by atoms with Gasteiger partial charge in [-0.05, 0) is 42.5 Å². The van der Waals surface area contributed by atoms with E-state index in [2.05, 4.69) is 28.9 Å². The van der Waals surface area contributed by atoms with Gasteiger partial charge in [0.15, 0.2) is 5.78 Å². The zero-order valence-electron chi connectivity index (χ0n) is 20.6. The Kier molecular flexibility index (Phi) is 5.38. The van der Waals surface area contributed by atoms with Crippen LogP contribution in [0.1, 0.15) is 31.5 Å². The van der Waals surface area contributed by atoms with Gasteiger partial charge in [0, 0.05) is 34.2 Å². The quantitative estimate of drug-likeness (QED) is 0.306. The summed E-state index contributed by atoms with van der Waals surface area (Å²) in [6.07, 6.45) is 6.38. The number of rotatable bonds is 3. The third kappa shape index (κ3) is 3.62. The molecule has 2 aromatic carbocycles. The highest BCUT2D eigenvalue weighted by Gasteiger charge is 2.50. The number of allylic oxidation sites excluding steroid dienone is 2. The number of fused-ring (bicyclic) bond motifs is 3. The first kappa shape index (κ1) is 23.1. The van der Waals surface area contributed by atoms with Crippen LogP contribution in [0.3, 0.4) is 0 Å². The number of Topliss-reactive ketones (excluding diaryl/α,β-unsaturated/α-hetero) is 1. The summed E-state index contributed by atoms with van der Waals surface area (Å²) in [5, 5.41) is 5.13. The number of benzene rings is 2. The third-order valence-corrected chi connectivity index (χ3v) is 7.99. The molecule has 2 aliphatic carbocycles. The van der Waals surface area contributed by atoms with Crippen LogP contribution in [0.4, 0.5) is 4.39 Å². The Labute approximate surface area is 215 Å². The Morgan fingerprint density at radius 3 is 2.51 bits per heavy atom. The van der Waals surface area contributed by atoms with Gasteiger partial charge in [-0.15, -0.1) is 0 Å². The molecule has 0 N–H and O–H groups in total. The molecular formula is C31H25FN4O. The topological polar surface area (TPSA) is 52.1 Å². The van der Waals surface area contributed by atoms with E-state index >= 15 is 0 Å². The van der Waals surface area contributed by atoms with E-state index in [1.54, 1.807) is 6.20 Å². The van der Waals surface area contributed by atoms with Crippen LogP contribution < -0.4 is 0 Å². The molecule has 6 heteroatoms. The van der Waals surface area contributed by atoms with Crippen molar-refractivity contribution in [1.82, 2.24) is 14.8 Å². The van der Waals surface area contributed by atoms with E-state index in [-0.39, 0.29) is 29.1 Å². The second-order valence-corrected chi connectivity index (χ2v) is 10.1. The summed E-state index contributed by atoms with van der Waals surface area (Å²) in [5.74, 6) is -0.603. The van der Waals surface area contributed by atoms with Crippen molar-refractivity contribution in [2.24, 2.45) is 11.8 Å². The SMILES string of the molecule is [C-]#[N+]C1=C[C@@]2(C)c3c(c(-c4ccccc4)nn3-c3ccc(-c4cncc(F)c4)cc3)CC[C@@H]2[C@@H](C)C1=O. The van der Waals surface area contributed by atoms with Crippen LogP contribution in [-0.4, -0.2) is 20.5 Å². The summed E-state index contributed by atoms with van der Waals surface area (Å²) in [4.78, 5) is 20.5. The van der Waals surface area contributed by atoms with Crippen molar-refractivity contribution in [2.75, 3.05) is 0 Å². The summed E-state index contributed by atoms with van der Waals surface area (Å²) in [6.45, 7) is 11.7. The molecule has 0 radical (unpaired) electrons. The van der Waals surface area contributed by atoms with Crippen LogP contribution in [0.15, 0.2) is 84.8 Å². The summed E-state index contributed by atoms with van der Waals surface area (Å²) in [5.41, 5.74) is 6.27. The van der Waals surface area contributed by atoms with Crippen molar-refractivity contribution < 1.29 is 9.18 Å². The smallest absolute Gasteiger partial charge is 0.226 e. The van der Waals surface area contributed by atoms with Crippen LogP contribution in [0, 0.1) is 24.2 Å². The fourth-order valence-corrected chi connectivity index (χ4v) is 6.20. The van der Waals surface area contributed by atoms with Gasteiger partial charge in [0.2, 0.25) is 5.70 Å². The Morgan fingerprint density at radius 1 is 1.05 bits per heavy atom. The van der Waals surface area contributed by atoms with Gasteiger partial charge in [0.05, 0.1) is 29.8 Å². The summed E-state index contributed by atoms with van der Waals surface area (Å²) >= 11 is 0. The van der Waals surface area contributed by atoms with E-state index in [1.165, 1.54) is 12.3 Å². The molecule has 2 aromatic heterocycles. The maximum absolute atomic E-state index is 13.7. The largest absolute Gasteiger partial charge is 0.308 e. The van der Waals surface area contributed by atoms with Crippen LogP contribution >= 0.6 is 0 Å². The first-order valence-corrected chi connectivity index (χ1v) is 12.4. The van der Waals surface area contributed by atoms with Gasteiger partial charge >= 0.3 is 0 Å². The zero-order valence-corrected chi connectivity index (χ0v) is 20.6. The fraction of sp³-hybridized carbons (Fsp3) is 0.226. The van der Waals surface area contributed by atoms with Crippen molar-refractivity contribution in [3.8, 4) is 28.1 Å². The molecule has 0 bridgehead atoms. The highest BCUT2D eigenvalue weighted by Crippen LogP contribution is 2.52. The van der Waals surface area contributed by atoms with Crippen LogP contribution in [-0.2, 0) is 16.6 Å². The minimum absolute atomic E-state index is 0.0664. The normalized spacial score (nSPS) is 22.5. The Bertz CT molecular complexity index is 1600. The standard InChI is InChI=1S/C31H25FN4O/c1-19-26-14-13-25-28(21-7-5-4-6-8-21)35-36(30(25)31(26,2)16-27(33-3)29(19)37)24-11-9-20(10-12-24)22-15-23(32)18-34-17-22/h4-12,15-19,26H,13-14H2,1-2H3/t19-,26-,31-/m1/s1. The average molecular weight is 489 g/mol. The molecule has 5 nitrogen and oxygen atoms in total. The van der Waals surface area contributed by atoms with E-state index in [0.29, 0.717) is 5.56 Å². The zero-order chi connectivity index (χ0) is 25.7. The second-order valence-electron chi connectivity index (χ2n) is 10.1. The molecule has 182 valence electrons. The Hall–Kier alpha value is -4.37. The monoisotopic (exact) mass is 488 g/mol. The average Bonchev–Trinajstić information content (AvgIpc) is 3.32. The molecule has 0 amide bonds. The Morgan fingerprint density at radius 2 is 1.81 bits per heavy atom. The van der Waals surface area contributed by atoms with Crippen LogP contribution in [0.2, 0.25) is 0 Å². The van der Waals surface area contributed by atoms with E-state index < -0.39 is 5.41 Å². The predicted octanol–water partition coefficient (Wildman–Crippen LogP) is 6.58. The number of hydrogen-bond acceptors (Lipinski definition) is 3. The van der Waals surface area contributed by atoms with E-state index in [9.17, 15) is 9.18 Å². The molecule has 0 saturated carbocycles. The number of carbonyl (C=O) groups is 1. The maximum Gasteiger partial charge on any atom is 0.226 e. The van der Waals surface area contributed by atoms with Gasteiger partial charge in [-0.2, -0.15) is 5.10 Å². The highest BCUT2D eigenvalue weighted by atomic mass is 19.1. The number of halogens is 1. The number of carbonyl (C=O) groups excluding carboxylic acids is 1. The lowest BCUT2D eigenvalue weighted by atomic mass is 9.58. The molecule has 6 rings (SSSR count). The number of aromatic nitrogens is 3. The third-order valence-electron chi connectivity index (χ3n) is 7.99. The molecule has 2 heterocycles. The number of nitrogens with zero attached hydrogens (tertiary/aromatic N) is 4. The molecule has 0 saturated heterocycles. The molecule has 0 aliphatic heterocycles. The predicted molar refractivity (Wildman–Crippen MR) is 140 cm³/mol. The minimum Gasteiger partial charge on any atom is -0.308 e. The second kappa shape index (κ2) is 8.63. The first-order valence-electron chi connectivity index (χ1n) is 12.4. The lowest BCUT2D eigenvalue weighted by Crippen LogP contribution is -2.46. The molecule has 37 heavy (non-hydrogen) atoms. The molecule has 0 unspecified atom stereocenters. The highest BCUT2D eigenvalue weighted by molar-refractivity contribution is 6.00. The molecular weight excluding hydrogens is 463 g/mol. The van der Waals surface area contributed by atoms with E-state index in [1.807, 2.05) is 60.1 Å². The van der Waals surface area contributed by atoms with Crippen LogP contribution in [0.5, 0.6) is 0 Å². The van der Waals surface area contributed by atoms with Gasteiger partial charge in [-0.1, -0.05) is 62.4 Å². The van der Waals surface area contributed by atoms with Gasteiger partial charge in [-0.25, -0.2) is 13.9 Å². The summed E-state index contributed by atoms with van der Waals surface area (Å²) < 4.78 is 15.7. The Balaban J connectivity index is 1.56. The maximum atomic E-state index is 13.7. The van der Waals surface area contributed by atoms with Gasteiger partial charge in [0.1, 0.15) is 5.82 Å². The summed E-state index contributed by atoms with van der Waals surface area (Å²) in [6, 6.07) is 19.4. The fourth-order valence-electron chi connectivity index (χ4n) is 6.20. The van der Waals surface area contributed by atoms with Crippen molar-refractivity contribution in [3.63, 3.8) is 0 Å². The molecule has 3 atom stereocenters. The van der Waals surface area contributed by atoms with Crippen molar-refractivity contribution in [1.29, 1.82) is 0 Å². The van der Waals surface area contributed by atoms with Gasteiger partial charge in [-0.3, -0.25) is 4.98 Å². The van der Waals surface area contributed by atoms with Gasteiger partial charge in [0.25, 0.3) is 0 Å². The van der Waals surface area contributed by atoms with E-state index in [0.717, 1.165) is 46.6 Å².